The van der Waals surface area contributed by atoms with Crippen molar-refractivity contribution in [3.8, 4) is 22.8 Å². The van der Waals surface area contributed by atoms with Gasteiger partial charge in [-0.25, -0.2) is 4.98 Å². The topological polar surface area (TPSA) is 178 Å². The summed E-state index contributed by atoms with van der Waals surface area (Å²) in [7, 11) is 5.93. The van der Waals surface area contributed by atoms with E-state index in [4.69, 9.17) is 27.9 Å². The Bertz CT molecular complexity index is 2140. The van der Waals surface area contributed by atoms with Crippen LogP contribution in [0.4, 0.5) is 0 Å². The number of piperidine rings is 1. The number of aromatic nitrogens is 2. The van der Waals surface area contributed by atoms with Crippen molar-refractivity contribution in [2.75, 3.05) is 33.8 Å². The van der Waals surface area contributed by atoms with Gasteiger partial charge in [0.1, 0.15) is 29.4 Å². The standard InChI is InChI=1S/C45H57Cl2N7O7.ClH/c1-28(2)36(44(59)60)21-41(56)54(29(3)42(57)50-37(26-55)43(58)51-45(18-7-19-48-27-45)22-30-8-13-33(46)14-9-30)24-32-10-15-34(47)20-39(32)61-35-16-11-31(12-17-35)38-23-49-40(53(38)6)25-52(4)5;/h8-17,20,23,28-29,36-37,48,55H,7,18-19,21-22,24-27H2,1-6H3,(H,50,57)(H,51,58)(H,59,60);1H. The summed E-state index contributed by atoms with van der Waals surface area (Å²) in [6, 6.07) is 17.2. The molecule has 2 heterocycles. The number of rotatable bonds is 19. The Hall–Kier alpha value is -4.70. The highest BCUT2D eigenvalue weighted by atomic mass is 35.5. The second-order valence-electron chi connectivity index (χ2n) is 16.4. The molecule has 4 atom stereocenters. The quantitative estimate of drug-likeness (QED) is 0.0740. The van der Waals surface area contributed by atoms with Gasteiger partial charge in [0.05, 0.1) is 43.0 Å². The molecule has 0 spiro atoms. The van der Waals surface area contributed by atoms with Crippen LogP contribution in [0.3, 0.4) is 0 Å². The number of carboxylic acids is 1. The number of hydrogen-bond donors (Lipinski definition) is 5. The van der Waals surface area contributed by atoms with Gasteiger partial charge in [0.25, 0.3) is 0 Å². The fourth-order valence-electron chi connectivity index (χ4n) is 7.50. The van der Waals surface area contributed by atoms with Gasteiger partial charge in [0.15, 0.2) is 0 Å². The smallest absolute Gasteiger partial charge is 0.307 e. The van der Waals surface area contributed by atoms with Crippen LogP contribution in [0.5, 0.6) is 11.5 Å². The molecule has 62 heavy (non-hydrogen) atoms. The Labute approximate surface area is 379 Å². The number of nitrogens with one attached hydrogen (secondary N) is 3. The van der Waals surface area contributed by atoms with Crippen LogP contribution in [0.1, 0.15) is 57.0 Å². The monoisotopic (exact) mass is 913 g/mol. The molecule has 1 saturated heterocycles. The summed E-state index contributed by atoms with van der Waals surface area (Å²) in [4.78, 5) is 62.2. The SMILES string of the molecule is CC(C)C(CC(=O)N(Cc1ccc(Cl)cc1Oc1ccc(-c2cnc(CN(C)C)n2C)cc1)C(C)C(=O)NC(CO)C(=O)NC1(Cc2ccc(Cl)cc2)CCCNC1)C(=O)O.Cl. The number of ether oxygens (including phenoxy) is 1. The van der Waals surface area contributed by atoms with Gasteiger partial charge in [0, 0.05) is 41.2 Å². The summed E-state index contributed by atoms with van der Waals surface area (Å²) in [6.07, 6.45) is 3.40. The number of nitrogens with zero attached hydrogens (tertiary/aromatic N) is 4. The number of hydrogen-bond acceptors (Lipinski definition) is 9. The van der Waals surface area contributed by atoms with Gasteiger partial charge < -0.3 is 45.3 Å². The van der Waals surface area contributed by atoms with Gasteiger partial charge in [-0.3, -0.25) is 19.2 Å². The molecule has 4 aromatic rings. The number of aliphatic hydroxyl groups excluding tert-OH is 1. The Morgan fingerprint density at radius 3 is 2.24 bits per heavy atom. The molecule has 14 nitrogen and oxygen atoms in total. The van der Waals surface area contributed by atoms with E-state index in [2.05, 4.69) is 20.9 Å². The van der Waals surface area contributed by atoms with Crippen LogP contribution in [-0.4, -0.2) is 105 Å². The Morgan fingerprint density at radius 2 is 1.65 bits per heavy atom. The minimum atomic E-state index is -1.35. The van der Waals surface area contributed by atoms with Crippen molar-refractivity contribution < 1.29 is 34.1 Å². The first-order chi connectivity index (χ1) is 29.0. The molecule has 0 saturated carbocycles. The van der Waals surface area contributed by atoms with Crippen molar-refractivity contribution in [1.29, 1.82) is 0 Å². The predicted octanol–water partition coefficient (Wildman–Crippen LogP) is 6.09. The largest absolute Gasteiger partial charge is 0.481 e. The number of carbonyl (C=O) groups excluding carboxylic acids is 3. The van der Waals surface area contributed by atoms with Crippen molar-refractivity contribution in [2.45, 2.75) is 77.2 Å². The lowest BCUT2D eigenvalue weighted by Crippen LogP contribution is -2.63. The number of carboxylic acid groups (broad SMARTS) is 1. The third-order valence-electron chi connectivity index (χ3n) is 11.1. The molecule has 0 aliphatic carbocycles. The van der Waals surface area contributed by atoms with Crippen molar-refractivity contribution in [2.24, 2.45) is 18.9 Å². The first-order valence-electron chi connectivity index (χ1n) is 20.4. The predicted molar refractivity (Wildman–Crippen MR) is 243 cm³/mol. The Balaban J connectivity index is 0.00000845. The van der Waals surface area contributed by atoms with Gasteiger partial charge in [-0.2, -0.15) is 0 Å². The maximum absolute atomic E-state index is 14.2. The first-order valence-corrected chi connectivity index (χ1v) is 21.2. The lowest BCUT2D eigenvalue weighted by atomic mass is 9.83. The fourth-order valence-corrected chi connectivity index (χ4v) is 7.79. The van der Waals surface area contributed by atoms with Crippen LogP contribution < -0.4 is 20.7 Å². The molecule has 5 N–H and O–H groups in total. The van der Waals surface area contributed by atoms with Crippen LogP contribution in [0.2, 0.25) is 10.0 Å². The van der Waals surface area contributed by atoms with Crippen molar-refractivity contribution >= 4 is 59.3 Å². The number of amides is 3. The molecule has 4 unspecified atom stereocenters. The molecule has 5 rings (SSSR count). The van der Waals surface area contributed by atoms with Gasteiger partial charge in [0.2, 0.25) is 17.7 Å². The molecular weight excluding hydrogens is 857 g/mol. The highest BCUT2D eigenvalue weighted by Crippen LogP contribution is 2.32. The first kappa shape index (κ1) is 50.0. The molecule has 1 aromatic heterocycles. The molecule has 3 aromatic carbocycles. The Morgan fingerprint density at radius 1 is 0.968 bits per heavy atom. The minimum Gasteiger partial charge on any atom is -0.481 e. The van der Waals surface area contributed by atoms with Crippen LogP contribution in [0, 0.1) is 11.8 Å². The summed E-state index contributed by atoms with van der Waals surface area (Å²) >= 11 is 12.6. The van der Waals surface area contributed by atoms with Crippen molar-refractivity contribution in [3.05, 3.63) is 99.9 Å². The third kappa shape index (κ3) is 13.2. The maximum Gasteiger partial charge on any atom is 0.307 e. The minimum absolute atomic E-state index is 0. The van der Waals surface area contributed by atoms with E-state index in [1.807, 2.05) is 61.1 Å². The number of carbonyl (C=O) groups is 4. The van der Waals surface area contributed by atoms with Gasteiger partial charge in [-0.1, -0.05) is 55.2 Å². The van der Waals surface area contributed by atoms with Crippen LogP contribution in [0.15, 0.2) is 72.9 Å². The second-order valence-corrected chi connectivity index (χ2v) is 17.3. The van der Waals surface area contributed by atoms with Crippen LogP contribution in [0.25, 0.3) is 11.3 Å². The lowest BCUT2D eigenvalue weighted by Gasteiger charge is -2.40. The number of aliphatic hydroxyl groups is 1. The fraction of sp³-hybridized carbons (Fsp3) is 0.444. The third-order valence-corrected chi connectivity index (χ3v) is 11.6. The molecule has 336 valence electrons. The number of benzene rings is 3. The molecule has 0 radical (unpaired) electrons. The van der Waals surface area contributed by atoms with E-state index in [0.717, 1.165) is 35.6 Å². The average Bonchev–Trinajstić information content (AvgIpc) is 3.57. The summed E-state index contributed by atoms with van der Waals surface area (Å²) < 4.78 is 8.38. The van der Waals surface area contributed by atoms with E-state index >= 15 is 0 Å². The van der Waals surface area contributed by atoms with Crippen LogP contribution >= 0.6 is 35.6 Å². The van der Waals surface area contributed by atoms with E-state index < -0.39 is 53.8 Å². The number of aliphatic carboxylic acids is 1. The summed E-state index contributed by atoms with van der Waals surface area (Å²) in [5.41, 5.74) is 2.61. The molecule has 1 aliphatic rings. The molecule has 1 aliphatic heterocycles. The van der Waals surface area contributed by atoms with E-state index in [1.165, 1.54) is 11.8 Å². The summed E-state index contributed by atoms with van der Waals surface area (Å²) in [5.74, 6) is -2.73. The summed E-state index contributed by atoms with van der Waals surface area (Å²) in [5, 5.41) is 30.5. The highest BCUT2D eigenvalue weighted by Gasteiger charge is 2.38. The maximum atomic E-state index is 14.2. The second kappa shape index (κ2) is 22.6. The zero-order chi connectivity index (χ0) is 44.4. The van der Waals surface area contributed by atoms with Gasteiger partial charge >= 0.3 is 5.97 Å². The van der Waals surface area contributed by atoms with E-state index in [0.29, 0.717) is 53.0 Å². The van der Waals surface area contributed by atoms with Crippen molar-refractivity contribution in [1.82, 2.24) is 35.3 Å². The molecule has 0 bridgehead atoms. The highest BCUT2D eigenvalue weighted by molar-refractivity contribution is 6.31. The zero-order valence-electron chi connectivity index (χ0n) is 36.0. The normalized spacial score (nSPS) is 16.5. The molecular formula is C45H58Cl3N7O7. The van der Waals surface area contributed by atoms with E-state index in [1.54, 1.807) is 56.3 Å². The van der Waals surface area contributed by atoms with Crippen molar-refractivity contribution in [3.63, 3.8) is 0 Å². The zero-order valence-corrected chi connectivity index (χ0v) is 38.3. The molecule has 17 heteroatoms. The van der Waals surface area contributed by atoms with Gasteiger partial charge in [-0.05, 0) is 107 Å². The van der Waals surface area contributed by atoms with E-state index in [-0.39, 0.29) is 31.3 Å². The lowest BCUT2D eigenvalue weighted by molar-refractivity contribution is -0.149. The average molecular weight is 915 g/mol. The molecule has 3 amide bonds. The summed E-state index contributed by atoms with van der Waals surface area (Å²) in [6.45, 7) is 6.00. The Kier molecular flexibility index (Phi) is 18.2. The molecule has 1 fully saturated rings. The van der Waals surface area contributed by atoms with Crippen LogP contribution in [-0.2, 0) is 45.7 Å². The van der Waals surface area contributed by atoms with Gasteiger partial charge in [-0.15, -0.1) is 12.4 Å². The van der Waals surface area contributed by atoms with E-state index in [9.17, 15) is 29.4 Å². The number of halogens is 3. The number of imidazole rings is 1.